The highest BCUT2D eigenvalue weighted by Crippen LogP contribution is 2.14. The van der Waals surface area contributed by atoms with Crippen molar-refractivity contribution in [3.05, 3.63) is 59.7 Å². The number of ether oxygens (including phenoxy) is 3. The van der Waals surface area contributed by atoms with Crippen LogP contribution in [-0.2, 0) is 16.0 Å². The molecule has 0 bridgehead atoms. The van der Waals surface area contributed by atoms with E-state index in [1.165, 1.54) is 0 Å². The molecule has 0 spiro atoms. The maximum Gasteiger partial charge on any atom is 0.347 e. The highest BCUT2D eigenvalue weighted by Gasteiger charge is 2.16. The Morgan fingerprint density at radius 1 is 1.08 bits per heavy atom. The summed E-state index contributed by atoms with van der Waals surface area (Å²) in [7, 11) is 1.62. The Kier molecular flexibility index (Phi) is 6.21. The number of nitrogens with zero attached hydrogens (tertiary/aromatic N) is 1. The van der Waals surface area contributed by atoms with Crippen molar-refractivity contribution in [2.24, 2.45) is 0 Å². The molecule has 124 valence electrons. The average molecular weight is 325 g/mol. The molecule has 0 unspecified atom stereocenters. The Labute approximate surface area is 141 Å². The minimum absolute atomic E-state index is 0.284. The van der Waals surface area contributed by atoms with E-state index in [2.05, 4.69) is 0 Å². The first-order valence-electron chi connectivity index (χ1n) is 7.59. The Morgan fingerprint density at radius 3 is 2.29 bits per heavy atom. The SMILES string of the molecule is COc1ccc(CCOC(=O)[C@@H](C)Oc2ccc(C#N)cc2)cc1. The van der Waals surface area contributed by atoms with Gasteiger partial charge < -0.3 is 14.2 Å². The lowest BCUT2D eigenvalue weighted by Crippen LogP contribution is -2.26. The van der Waals surface area contributed by atoms with E-state index in [1.807, 2.05) is 30.3 Å². The van der Waals surface area contributed by atoms with Gasteiger partial charge in [0.1, 0.15) is 11.5 Å². The van der Waals surface area contributed by atoms with Gasteiger partial charge in [-0.2, -0.15) is 5.26 Å². The highest BCUT2D eigenvalue weighted by atomic mass is 16.6. The maximum atomic E-state index is 11.9. The largest absolute Gasteiger partial charge is 0.497 e. The minimum Gasteiger partial charge on any atom is -0.497 e. The molecule has 0 N–H and O–H groups in total. The third-order valence-corrected chi connectivity index (χ3v) is 3.42. The molecule has 24 heavy (non-hydrogen) atoms. The van der Waals surface area contributed by atoms with Crippen molar-refractivity contribution < 1.29 is 19.0 Å². The fourth-order valence-electron chi connectivity index (χ4n) is 2.04. The summed E-state index contributed by atoms with van der Waals surface area (Å²) in [6.45, 7) is 1.92. The number of methoxy groups -OCH3 is 1. The van der Waals surface area contributed by atoms with Gasteiger partial charge in [-0.15, -0.1) is 0 Å². The molecule has 1 atom stereocenters. The van der Waals surface area contributed by atoms with Gasteiger partial charge in [0.2, 0.25) is 0 Å². The van der Waals surface area contributed by atoms with Gasteiger partial charge in [0.05, 0.1) is 25.3 Å². The Morgan fingerprint density at radius 2 is 1.71 bits per heavy atom. The van der Waals surface area contributed by atoms with Crippen molar-refractivity contribution in [2.75, 3.05) is 13.7 Å². The van der Waals surface area contributed by atoms with Gasteiger partial charge in [-0.3, -0.25) is 0 Å². The summed E-state index contributed by atoms with van der Waals surface area (Å²) in [5.41, 5.74) is 1.60. The summed E-state index contributed by atoms with van der Waals surface area (Å²) in [4.78, 5) is 11.9. The van der Waals surface area contributed by atoms with Crippen molar-refractivity contribution in [1.82, 2.24) is 0 Å². The molecule has 0 saturated heterocycles. The van der Waals surface area contributed by atoms with Gasteiger partial charge >= 0.3 is 5.97 Å². The number of carbonyl (C=O) groups is 1. The zero-order valence-corrected chi connectivity index (χ0v) is 13.7. The fourth-order valence-corrected chi connectivity index (χ4v) is 2.04. The number of nitriles is 1. The normalized spacial score (nSPS) is 11.2. The molecule has 2 aromatic rings. The van der Waals surface area contributed by atoms with Crippen LogP contribution in [0.1, 0.15) is 18.1 Å². The Hall–Kier alpha value is -3.00. The van der Waals surface area contributed by atoms with Crippen LogP contribution in [0.15, 0.2) is 48.5 Å². The number of benzene rings is 2. The number of hydrogen-bond donors (Lipinski definition) is 0. The molecule has 0 saturated carbocycles. The second-order valence-corrected chi connectivity index (χ2v) is 5.16. The predicted octanol–water partition coefficient (Wildman–Crippen LogP) is 3.12. The van der Waals surface area contributed by atoms with E-state index in [0.29, 0.717) is 17.7 Å². The van der Waals surface area contributed by atoms with Crippen LogP contribution in [0.5, 0.6) is 11.5 Å². The molecule has 0 amide bonds. The molecule has 0 aliphatic carbocycles. The third kappa shape index (κ3) is 5.03. The summed E-state index contributed by atoms with van der Waals surface area (Å²) in [5.74, 6) is 0.890. The van der Waals surface area contributed by atoms with Crippen LogP contribution in [-0.4, -0.2) is 25.8 Å². The van der Waals surface area contributed by atoms with E-state index >= 15 is 0 Å². The Balaban J connectivity index is 1.77. The van der Waals surface area contributed by atoms with Crippen molar-refractivity contribution in [3.8, 4) is 17.6 Å². The molecule has 5 heteroatoms. The fraction of sp³-hybridized carbons (Fsp3) is 0.263. The van der Waals surface area contributed by atoms with E-state index in [1.54, 1.807) is 38.3 Å². The molecule has 0 aliphatic heterocycles. The second kappa shape index (κ2) is 8.59. The number of rotatable bonds is 7. The van der Waals surface area contributed by atoms with E-state index in [-0.39, 0.29) is 6.61 Å². The lowest BCUT2D eigenvalue weighted by molar-refractivity contribution is -0.151. The zero-order valence-electron chi connectivity index (χ0n) is 13.7. The molecular formula is C19H19NO4. The van der Waals surface area contributed by atoms with Crippen molar-refractivity contribution in [3.63, 3.8) is 0 Å². The summed E-state index contributed by atoms with van der Waals surface area (Å²) < 4.78 is 15.8. The summed E-state index contributed by atoms with van der Waals surface area (Å²) >= 11 is 0. The number of carbonyl (C=O) groups excluding carboxylic acids is 1. The standard InChI is InChI=1S/C19H19NO4/c1-14(24-18-9-5-16(13-20)6-10-18)19(21)23-12-11-15-3-7-17(22-2)8-4-15/h3-10,14H,11-12H2,1-2H3/t14-/m1/s1. The van der Waals surface area contributed by atoms with Gasteiger partial charge in [0, 0.05) is 6.42 Å². The van der Waals surface area contributed by atoms with Gasteiger partial charge in [-0.25, -0.2) is 4.79 Å². The molecule has 2 aromatic carbocycles. The van der Waals surface area contributed by atoms with E-state index < -0.39 is 12.1 Å². The van der Waals surface area contributed by atoms with E-state index in [4.69, 9.17) is 19.5 Å². The van der Waals surface area contributed by atoms with Gasteiger partial charge in [0.15, 0.2) is 6.10 Å². The minimum atomic E-state index is -0.714. The van der Waals surface area contributed by atoms with Crippen molar-refractivity contribution in [2.45, 2.75) is 19.4 Å². The monoisotopic (exact) mass is 325 g/mol. The third-order valence-electron chi connectivity index (χ3n) is 3.42. The lowest BCUT2D eigenvalue weighted by atomic mass is 10.1. The van der Waals surface area contributed by atoms with E-state index in [9.17, 15) is 4.79 Å². The molecule has 0 fully saturated rings. The van der Waals surface area contributed by atoms with Crippen LogP contribution in [0, 0.1) is 11.3 Å². The summed E-state index contributed by atoms with van der Waals surface area (Å²) in [6.07, 6.45) is -0.0897. The smallest absolute Gasteiger partial charge is 0.347 e. The highest BCUT2D eigenvalue weighted by molar-refractivity contribution is 5.74. The van der Waals surface area contributed by atoms with Crippen LogP contribution >= 0.6 is 0 Å². The average Bonchev–Trinajstić information content (AvgIpc) is 2.62. The molecule has 0 aromatic heterocycles. The summed E-state index contributed by atoms with van der Waals surface area (Å²) in [6, 6.07) is 16.2. The first kappa shape index (κ1) is 17.4. The van der Waals surface area contributed by atoms with Gasteiger partial charge in [0.25, 0.3) is 0 Å². The van der Waals surface area contributed by atoms with Gasteiger partial charge in [-0.05, 0) is 48.9 Å². The topological polar surface area (TPSA) is 68.6 Å². The van der Waals surface area contributed by atoms with Crippen LogP contribution in [0.4, 0.5) is 0 Å². The molecule has 5 nitrogen and oxygen atoms in total. The van der Waals surface area contributed by atoms with Gasteiger partial charge in [-0.1, -0.05) is 12.1 Å². The lowest BCUT2D eigenvalue weighted by Gasteiger charge is -2.14. The number of hydrogen-bond acceptors (Lipinski definition) is 5. The predicted molar refractivity (Wildman–Crippen MR) is 88.9 cm³/mol. The molecule has 2 rings (SSSR count). The zero-order chi connectivity index (χ0) is 17.4. The second-order valence-electron chi connectivity index (χ2n) is 5.16. The molecule has 0 heterocycles. The quantitative estimate of drug-likeness (QED) is 0.732. The first-order valence-corrected chi connectivity index (χ1v) is 7.59. The summed E-state index contributed by atoms with van der Waals surface area (Å²) in [5, 5.41) is 8.75. The molecule has 0 aliphatic rings. The number of esters is 1. The van der Waals surface area contributed by atoms with Crippen molar-refractivity contribution >= 4 is 5.97 Å². The Bertz CT molecular complexity index is 702. The van der Waals surface area contributed by atoms with Crippen LogP contribution in [0.3, 0.4) is 0 Å². The molecular weight excluding hydrogens is 306 g/mol. The van der Waals surface area contributed by atoms with E-state index in [0.717, 1.165) is 11.3 Å². The maximum absolute atomic E-state index is 11.9. The van der Waals surface area contributed by atoms with Crippen molar-refractivity contribution in [1.29, 1.82) is 5.26 Å². The first-order chi connectivity index (χ1) is 11.6. The van der Waals surface area contributed by atoms with Crippen LogP contribution in [0.2, 0.25) is 0 Å². The van der Waals surface area contributed by atoms with Crippen LogP contribution < -0.4 is 9.47 Å². The van der Waals surface area contributed by atoms with Crippen LogP contribution in [0.25, 0.3) is 0 Å². The molecule has 0 radical (unpaired) electrons.